The van der Waals surface area contributed by atoms with Gasteiger partial charge in [0.2, 0.25) is 5.88 Å². The normalized spacial score (nSPS) is 19.1. The van der Waals surface area contributed by atoms with Gasteiger partial charge in [-0.15, -0.1) is 43.6 Å². The van der Waals surface area contributed by atoms with Crippen LogP contribution in [0, 0.1) is 17.8 Å². The lowest BCUT2D eigenvalue weighted by molar-refractivity contribution is -0.0420. The molecule has 1 spiro atoms. The lowest BCUT2D eigenvalue weighted by Crippen LogP contribution is -2.51. The fourth-order valence-electron chi connectivity index (χ4n) is 4.96. The van der Waals surface area contributed by atoms with Crippen LogP contribution in [0.3, 0.4) is 0 Å². The van der Waals surface area contributed by atoms with Crippen molar-refractivity contribution in [1.29, 1.82) is 0 Å². The molecular formula is C28H40Cl3N3O2. The van der Waals surface area contributed by atoms with E-state index < -0.39 is 6.10 Å². The van der Waals surface area contributed by atoms with Crippen molar-refractivity contribution < 1.29 is 9.84 Å². The van der Waals surface area contributed by atoms with Crippen LogP contribution in [0.1, 0.15) is 74.8 Å². The van der Waals surface area contributed by atoms with Crippen LogP contribution in [0.25, 0.3) is 0 Å². The number of aliphatic hydroxyl groups excluding tert-OH is 1. The highest BCUT2D eigenvalue weighted by molar-refractivity contribution is 5.86. The van der Waals surface area contributed by atoms with Gasteiger partial charge in [0.1, 0.15) is 5.60 Å². The second kappa shape index (κ2) is 13.3. The summed E-state index contributed by atoms with van der Waals surface area (Å²) in [6, 6.07) is 9.72. The number of hydrogen-bond acceptors (Lipinski definition) is 5. The van der Waals surface area contributed by atoms with E-state index in [9.17, 15) is 5.11 Å². The number of ether oxygens (including phenoxy) is 1. The maximum absolute atomic E-state index is 10.8. The highest BCUT2D eigenvalue weighted by Gasteiger charge is 2.46. The van der Waals surface area contributed by atoms with E-state index in [1.807, 2.05) is 30.5 Å². The van der Waals surface area contributed by atoms with Gasteiger partial charge in [-0.3, -0.25) is 0 Å². The summed E-state index contributed by atoms with van der Waals surface area (Å²) in [5.74, 6) is 3.39. The first-order valence-corrected chi connectivity index (χ1v) is 12.1. The Balaban J connectivity index is 0.00000216. The number of fused-ring (bicyclic) bond motifs is 1. The van der Waals surface area contributed by atoms with E-state index in [4.69, 9.17) is 21.9 Å². The Morgan fingerprint density at radius 3 is 2.56 bits per heavy atom. The van der Waals surface area contributed by atoms with Crippen LogP contribution in [0.2, 0.25) is 0 Å². The Morgan fingerprint density at radius 1 is 1.22 bits per heavy atom. The molecule has 200 valence electrons. The molecule has 1 aliphatic carbocycles. The standard InChI is InChI=1S/C28H37N3O2.3ClH/c1-5-19-8-6-9-20(12-19)14-23(29)25(32)18-30-24-16-28(10-7-11-28)33-26-22(24)13-21(17-31-26)15-27(2,3)4;;;/h1,6,8-9,12-13,17,23-25,30,32H,7,10-11,14-16,18,29H2,2-4H3;3*1H/t23-,24-,25+;;;/m0.../s1. The number of nitrogens with zero attached hydrogens (tertiary/aromatic N) is 1. The monoisotopic (exact) mass is 555 g/mol. The smallest absolute Gasteiger partial charge is 0.218 e. The minimum atomic E-state index is -0.672. The second-order valence-corrected chi connectivity index (χ2v) is 11.1. The third-order valence-electron chi connectivity index (χ3n) is 6.83. The van der Waals surface area contributed by atoms with Crippen molar-refractivity contribution in [2.45, 2.75) is 83.1 Å². The summed E-state index contributed by atoms with van der Waals surface area (Å²) < 4.78 is 6.37. The maximum Gasteiger partial charge on any atom is 0.218 e. The Kier molecular flexibility index (Phi) is 12.0. The molecule has 4 N–H and O–H groups in total. The van der Waals surface area contributed by atoms with Gasteiger partial charge in [0.05, 0.1) is 6.10 Å². The molecule has 0 saturated heterocycles. The van der Waals surface area contributed by atoms with Crippen LogP contribution < -0.4 is 15.8 Å². The molecule has 1 fully saturated rings. The number of rotatable bonds is 7. The number of benzene rings is 1. The van der Waals surface area contributed by atoms with Crippen LogP contribution in [0.4, 0.5) is 0 Å². The van der Waals surface area contributed by atoms with Crippen LogP contribution in [0.15, 0.2) is 36.5 Å². The van der Waals surface area contributed by atoms with Crippen molar-refractivity contribution in [3.63, 3.8) is 0 Å². The fourth-order valence-corrected chi connectivity index (χ4v) is 4.96. The van der Waals surface area contributed by atoms with Gasteiger partial charge in [0.25, 0.3) is 0 Å². The molecule has 1 aromatic heterocycles. The van der Waals surface area contributed by atoms with Gasteiger partial charge in [-0.05, 0) is 66.8 Å². The maximum atomic E-state index is 10.8. The molecule has 0 amide bonds. The molecule has 5 nitrogen and oxygen atoms in total. The summed E-state index contributed by atoms with van der Waals surface area (Å²) in [5.41, 5.74) is 10.6. The topological polar surface area (TPSA) is 80.4 Å². The summed E-state index contributed by atoms with van der Waals surface area (Å²) in [6.07, 6.45) is 12.5. The van der Waals surface area contributed by atoms with Gasteiger partial charge in [0, 0.05) is 42.4 Å². The predicted octanol–water partition coefficient (Wildman–Crippen LogP) is 5.18. The van der Waals surface area contributed by atoms with Gasteiger partial charge < -0.3 is 20.9 Å². The molecule has 4 rings (SSSR count). The van der Waals surface area contributed by atoms with E-state index in [-0.39, 0.29) is 60.3 Å². The van der Waals surface area contributed by atoms with Crippen molar-refractivity contribution in [2.24, 2.45) is 11.1 Å². The number of nitrogens with one attached hydrogen (secondary N) is 1. The molecule has 2 aromatic rings. The SMILES string of the molecule is C#Cc1cccc(C[C@H](N)[C@H](O)CN[C@H]2CC3(CCC3)Oc3ncc(CC(C)(C)C)cc32)c1.Cl.Cl.Cl. The first kappa shape index (κ1) is 32.5. The summed E-state index contributed by atoms with van der Waals surface area (Å²) in [5, 5.41) is 14.4. The molecule has 0 radical (unpaired) electrons. The molecule has 36 heavy (non-hydrogen) atoms. The van der Waals surface area contributed by atoms with Crippen LogP contribution in [0.5, 0.6) is 5.88 Å². The van der Waals surface area contributed by atoms with Crippen molar-refractivity contribution in [1.82, 2.24) is 10.3 Å². The van der Waals surface area contributed by atoms with Gasteiger partial charge in [-0.1, -0.05) is 38.8 Å². The number of hydrogen-bond donors (Lipinski definition) is 3. The molecule has 2 aliphatic rings. The van der Waals surface area contributed by atoms with Gasteiger partial charge >= 0.3 is 0 Å². The summed E-state index contributed by atoms with van der Waals surface area (Å²) in [7, 11) is 0. The zero-order valence-corrected chi connectivity index (χ0v) is 23.8. The summed E-state index contributed by atoms with van der Waals surface area (Å²) in [6.45, 7) is 7.12. The van der Waals surface area contributed by atoms with Crippen molar-refractivity contribution >= 4 is 37.2 Å². The number of nitrogens with two attached hydrogens (primary N) is 1. The number of terminal acetylenes is 1. The van der Waals surface area contributed by atoms with Gasteiger partial charge in [0.15, 0.2) is 0 Å². The lowest BCUT2D eigenvalue weighted by Gasteiger charge is -2.47. The van der Waals surface area contributed by atoms with Crippen LogP contribution in [-0.2, 0) is 12.8 Å². The number of aromatic nitrogens is 1. The van der Waals surface area contributed by atoms with E-state index in [0.29, 0.717) is 13.0 Å². The van der Waals surface area contributed by atoms with Crippen molar-refractivity contribution in [2.75, 3.05) is 6.54 Å². The molecule has 1 aliphatic heterocycles. The highest BCUT2D eigenvalue weighted by atomic mass is 35.5. The molecule has 3 atom stereocenters. The zero-order chi connectivity index (χ0) is 23.6. The summed E-state index contributed by atoms with van der Waals surface area (Å²) in [4.78, 5) is 4.70. The summed E-state index contributed by atoms with van der Waals surface area (Å²) >= 11 is 0. The Bertz CT molecular complexity index is 1030. The predicted molar refractivity (Wildman–Crippen MR) is 154 cm³/mol. The number of halogens is 3. The first-order chi connectivity index (χ1) is 15.7. The highest BCUT2D eigenvalue weighted by Crippen LogP contribution is 2.48. The molecule has 1 saturated carbocycles. The lowest BCUT2D eigenvalue weighted by atomic mass is 9.73. The van der Waals surface area contributed by atoms with E-state index in [2.05, 4.69) is 38.1 Å². The van der Waals surface area contributed by atoms with Crippen molar-refractivity contribution in [3.05, 3.63) is 58.8 Å². The van der Waals surface area contributed by atoms with Crippen molar-refractivity contribution in [3.8, 4) is 18.2 Å². The number of aliphatic hydroxyl groups is 1. The van der Waals surface area contributed by atoms with E-state index in [1.165, 1.54) is 12.0 Å². The molecule has 1 aromatic carbocycles. The number of pyridine rings is 1. The zero-order valence-electron chi connectivity index (χ0n) is 21.3. The Hall–Kier alpha value is -1.52. The van der Waals surface area contributed by atoms with Crippen LogP contribution in [-0.4, -0.2) is 34.4 Å². The van der Waals surface area contributed by atoms with E-state index >= 15 is 0 Å². The van der Waals surface area contributed by atoms with E-state index in [0.717, 1.165) is 48.3 Å². The third kappa shape index (κ3) is 7.99. The minimum absolute atomic E-state index is 0. The average molecular weight is 557 g/mol. The first-order valence-electron chi connectivity index (χ1n) is 12.1. The molecule has 8 heteroatoms. The second-order valence-electron chi connectivity index (χ2n) is 11.1. The Labute approximate surface area is 234 Å². The quantitative estimate of drug-likeness (QED) is 0.409. The Morgan fingerprint density at radius 2 is 1.94 bits per heavy atom. The van der Waals surface area contributed by atoms with E-state index in [1.54, 1.807) is 0 Å². The third-order valence-corrected chi connectivity index (χ3v) is 6.83. The molecule has 0 bridgehead atoms. The minimum Gasteiger partial charge on any atom is -0.471 e. The van der Waals surface area contributed by atoms with Crippen LogP contribution >= 0.6 is 37.2 Å². The van der Waals surface area contributed by atoms with Gasteiger partial charge in [-0.2, -0.15) is 0 Å². The average Bonchev–Trinajstić information content (AvgIpc) is 2.75. The van der Waals surface area contributed by atoms with Gasteiger partial charge in [-0.25, -0.2) is 4.98 Å². The molecule has 2 heterocycles. The molecular weight excluding hydrogens is 517 g/mol. The fraction of sp³-hybridized carbons (Fsp3) is 0.536. The largest absolute Gasteiger partial charge is 0.471 e. The molecule has 0 unspecified atom stereocenters.